The molecule has 0 heterocycles. The van der Waals surface area contributed by atoms with Crippen LogP contribution in [0.1, 0.15) is 47.7 Å². The zero-order valence-corrected chi connectivity index (χ0v) is 15.6. The zero-order chi connectivity index (χ0) is 19.1. The van der Waals surface area contributed by atoms with Gasteiger partial charge in [-0.3, -0.25) is 4.79 Å². The van der Waals surface area contributed by atoms with E-state index in [9.17, 15) is 9.59 Å². The molecule has 2 aromatic carbocycles. The van der Waals surface area contributed by atoms with Gasteiger partial charge in [0.15, 0.2) is 6.61 Å². The van der Waals surface area contributed by atoms with Crippen LogP contribution < -0.4 is 10.1 Å². The van der Waals surface area contributed by atoms with Gasteiger partial charge in [-0.1, -0.05) is 19.4 Å². The fraction of sp³-hybridized carbons (Fsp3) is 0.364. The number of carbonyl (C=O) groups excluding carboxylic acids is 2. The molecule has 142 valence electrons. The second-order valence-electron chi connectivity index (χ2n) is 6.69. The summed E-state index contributed by atoms with van der Waals surface area (Å²) >= 11 is 0. The van der Waals surface area contributed by atoms with Crippen molar-refractivity contribution in [1.29, 1.82) is 0 Å². The minimum absolute atomic E-state index is 0.315. The largest absolute Gasteiger partial charge is 0.494 e. The molecule has 0 aliphatic heterocycles. The van der Waals surface area contributed by atoms with Crippen molar-refractivity contribution in [3.63, 3.8) is 0 Å². The van der Waals surface area contributed by atoms with Crippen LogP contribution >= 0.6 is 0 Å². The summed E-state index contributed by atoms with van der Waals surface area (Å²) in [7, 11) is 0. The molecule has 0 radical (unpaired) electrons. The lowest BCUT2D eigenvalue weighted by molar-refractivity contribution is -0.119. The van der Waals surface area contributed by atoms with Gasteiger partial charge in [0.1, 0.15) is 5.75 Å². The van der Waals surface area contributed by atoms with Crippen molar-refractivity contribution < 1.29 is 19.1 Å². The van der Waals surface area contributed by atoms with E-state index in [2.05, 4.69) is 12.2 Å². The van der Waals surface area contributed by atoms with E-state index >= 15 is 0 Å². The Morgan fingerprint density at radius 3 is 2.59 bits per heavy atom. The van der Waals surface area contributed by atoms with Crippen LogP contribution in [-0.2, 0) is 22.4 Å². The average Bonchev–Trinajstić information content (AvgIpc) is 3.15. The quantitative estimate of drug-likeness (QED) is 0.562. The van der Waals surface area contributed by atoms with Gasteiger partial charge in [0.05, 0.1) is 12.2 Å². The molecule has 1 amide bonds. The number of nitrogens with one attached hydrogen (secondary N) is 1. The molecule has 27 heavy (non-hydrogen) atoms. The molecular formula is C22H25NO4. The first kappa shape index (κ1) is 19.0. The van der Waals surface area contributed by atoms with Crippen molar-refractivity contribution in [2.24, 2.45) is 0 Å². The molecule has 2 aromatic rings. The van der Waals surface area contributed by atoms with Crippen LogP contribution in [0.4, 0.5) is 5.69 Å². The third kappa shape index (κ3) is 5.33. The van der Waals surface area contributed by atoms with Crippen molar-refractivity contribution in [3.05, 3.63) is 59.2 Å². The second kappa shape index (κ2) is 9.21. The Bertz CT molecular complexity index is 798. The molecule has 0 spiro atoms. The average molecular weight is 367 g/mol. The second-order valence-corrected chi connectivity index (χ2v) is 6.69. The Kier molecular flexibility index (Phi) is 6.47. The monoisotopic (exact) mass is 367 g/mol. The summed E-state index contributed by atoms with van der Waals surface area (Å²) in [5, 5.41) is 2.78. The van der Waals surface area contributed by atoms with E-state index in [1.807, 2.05) is 18.2 Å². The summed E-state index contributed by atoms with van der Waals surface area (Å²) in [5.41, 5.74) is 3.76. The third-order valence-corrected chi connectivity index (χ3v) is 4.57. The molecule has 5 heteroatoms. The van der Waals surface area contributed by atoms with Crippen LogP contribution in [0.3, 0.4) is 0 Å². The summed E-state index contributed by atoms with van der Waals surface area (Å²) in [6.45, 7) is 2.44. The lowest BCUT2D eigenvalue weighted by Gasteiger charge is -2.09. The van der Waals surface area contributed by atoms with Crippen molar-refractivity contribution in [3.8, 4) is 5.75 Å². The number of ether oxygens (including phenoxy) is 2. The highest BCUT2D eigenvalue weighted by molar-refractivity contribution is 5.95. The van der Waals surface area contributed by atoms with E-state index in [1.165, 1.54) is 11.1 Å². The third-order valence-electron chi connectivity index (χ3n) is 4.57. The van der Waals surface area contributed by atoms with Crippen molar-refractivity contribution >= 4 is 17.6 Å². The normalized spacial score (nSPS) is 12.3. The molecule has 0 aromatic heterocycles. The predicted molar refractivity (Wildman–Crippen MR) is 104 cm³/mol. The zero-order valence-electron chi connectivity index (χ0n) is 15.6. The number of unbranched alkanes of at least 4 members (excludes halogenated alkanes) is 1. The van der Waals surface area contributed by atoms with Crippen LogP contribution in [0, 0.1) is 0 Å². The number of esters is 1. The maximum atomic E-state index is 12.1. The Morgan fingerprint density at radius 2 is 1.81 bits per heavy atom. The molecule has 0 saturated heterocycles. The van der Waals surface area contributed by atoms with Crippen LogP contribution in [0.2, 0.25) is 0 Å². The van der Waals surface area contributed by atoms with Crippen molar-refractivity contribution in [2.75, 3.05) is 18.5 Å². The molecule has 5 nitrogen and oxygen atoms in total. The van der Waals surface area contributed by atoms with Crippen molar-refractivity contribution in [2.45, 2.75) is 39.0 Å². The number of hydrogen-bond acceptors (Lipinski definition) is 4. The summed E-state index contributed by atoms with van der Waals surface area (Å²) < 4.78 is 10.7. The maximum absolute atomic E-state index is 12.1. The van der Waals surface area contributed by atoms with Gasteiger partial charge in [0.25, 0.3) is 5.91 Å². The summed E-state index contributed by atoms with van der Waals surface area (Å²) in [6.07, 6.45) is 5.36. The molecule has 0 bridgehead atoms. The summed E-state index contributed by atoms with van der Waals surface area (Å²) in [5.74, 6) is -0.158. The minimum Gasteiger partial charge on any atom is -0.494 e. The Morgan fingerprint density at radius 1 is 1.04 bits per heavy atom. The lowest BCUT2D eigenvalue weighted by Crippen LogP contribution is -2.21. The molecule has 1 N–H and O–H groups in total. The van der Waals surface area contributed by atoms with Crippen LogP contribution in [-0.4, -0.2) is 25.1 Å². The van der Waals surface area contributed by atoms with Gasteiger partial charge in [0.2, 0.25) is 0 Å². The van der Waals surface area contributed by atoms with Gasteiger partial charge in [0, 0.05) is 5.69 Å². The highest BCUT2D eigenvalue weighted by Crippen LogP contribution is 2.24. The van der Waals surface area contributed by atoms with E-state index in [-0.39, 0.29) is 12.5 Å². The van der Waals surface area contributed by atoms with Gasteiger partial charge in [-0.15, -0.1) is 0 Å². The molecule has 0 atom stereocenters. The standard InChI is InChI=1S/C22H25NO4/c1-2-3-13-26-20-11-8-17(9-12-20)22(25)27-15-21(24)23-19-10-7-16-5-4-6-18(16)14-19/h7-12,14H,2-6,13,15H2,1H3,(H,23,24). The number of carbonyl (C=O) groups is 2. The predicted octanol–water partition coefficient (Wildman–Crippen LogP) is 4.15. The smallest absolute Gasteiger partial charge is 0.338 e. The van der Waals surface area contributed by atoms with Gasteiger partial charge in [-0.05, 0) is 73.2 Å². The summed E-state index contributed by atoms with van der Waals surface area (Å²) in [6, 6.07) is 12.7. The molecule has 0 saturated carbocycles. The molecule has 3 rings (SSSR count). The minimum atomic E-state index is -0.529. The fourth-order valence-electron chi connectivity index (χ4n) is 3.08. The van der Waals surface area contributed by atoms with E-state index < -0.39 is 5.97 Å². The number of anilines is 1. The number of fused-ring (bicyclic) bond motifs is 1. The Hall–Kier alpha value is -2.82. The Labute approximate surface area is 159 Å². The first-order valence-electron chi connectivity index (χ1n) is 9.47. The maximum Gasteiger partial charge on any atom is 0.338 e. The van der Waals surface area contributed by atoms with Crippen LogP contribution in [0.25, 0.3) is 0 Å². The van der Waals surface area contributed by atoms with Gasteiger partial charge in [-0.25, -0.2) is 4.79 Å². The molecule has 0 unspecified atom stereocenters. The molecule has 0 fully saturated rings. The first-order valence-corrected chi connectivity index (χ1v) is 9.47. The molecule has 1 aliphatic carbocycles. The lowest BCUT2D eigenvalue weighted by atomic mass is 10.1. The van der Waals surface area contributed by atoms with Gasteiger partial charge < -0.3 is 14.8 Å². The number of hydrogen-bond donors (Lipinski definition) is 1. The van der Waals surface area contributed by atoms with Crippen LogP contribution in [0.5, 0.6) is 5.75 Å². The van der Waals surface area contributed by atoms with E-state index in [4.69, 9.17) is 9.47 Å². The van der Waals surface area contributed by atoms with E-state index in [0.717, 1.165) is 37.8 Å². The van der Waals surface area contributed by atoms with E-state index in [1.54, 1.807) is 24.3 Å². The highest BCUT2D eigenvalue weighted by atomic mass is 16.5. The number of amides is 1. The number of aryl methyl sites for hydroxylation is 2. The fourth-order valence-corrected chi connectivity index (χ4v) is 3.08. The summed E-state index contributed by atoms with van der Waals surface area (Å²) in [4.78, 5) is 24.1. The topological polar surface area (TPSA) is 64.6 Å². The van der Waals surface area contributed by atoms with Gasteiger partial charge in [-0.2, -0.15) is 0 Å². The Balaban J connectivity index is 1.46. The van der Waals surface area contributed by atoms with Gasteiger partial charge >= 0.3 is 5.97 Å². The highest BCUT2D eigenvalue weighted by Gasteiger charge is 2.13. The van der Waals surface area contributed by atoms with Crippen molar-refractivity contribution in [1.82, 2.24) is 0 Å². The SMILES string of the molecule is CCCCOc1ccc(C(=O)OCC(=O)Nc2ccc3c(c2)CCC3)cc1. The first-order chi connectivity index (χ1) is 13.2. The molecule has 1 aliphatic rings. The van der Waals surface area contributed by atoms with E-state index in [0.29, 0.717) is 17.9 Å². The molecular weight excluding hydrogens is 342 g/mol. The van der Waals surface area contributed by atoms with Crippen LogP contribution in [0.15, 0.2) is 42.5 Å². The number of benzene rings is 2. The number of rotatable bonds is 8.